The molecule has 2 aromatic carbocycles. The number of anilines is 1. The lowest BCUT2D eigenvalue weighted by Crippen LogP contribution is -2.52. The summed E-state index contributed by atoms with van der Waals surface area (Å²) >= 11 is 18.4. The predicted molar refractivity (Wildman–Crippen MR) is 152 cm³/mol. The van der Waals surface area contributed by atoms with Gasteiger partial charge in [-0.05, 0) is 96.0 Å². The van der Waals surface area contributed by atoms with Crippen LogP contribution < -0.4 is 4.90 Å². The Bertz CT molecular complexity index is 1010. The summed E-state index contributed by atoms with van der Waals surface area (Å²) in [6.07, 6.45) is 3.32. The normalized spacial score (nSPS) is 21.0. The Labute approximate surface area is 231 Å². The van der Waals surface area contributed by atoms with Crippen LogP contribution in [0.1, 0.15) is 58.6 Å². The number of hydrogen-bond donors (Lipinski definition) is 0. The molecule has 2 heterocycles. The van der Waals surface area contributed by atoms with Gasteiger partial charge < -0.3 is 19.4 Å². The Kier molecular flexibility index (Phi) is 10.2. The number of benzene rings is 2. The first kappa shape index (κ1) is 28.9. The zero-order valence-corrected chi connectivity index (χ0v) is 24.2. The number of piperidine rings is 1. The highest BCUT2D eigenvalue weighted by Gasteiger charge is 2.28. The van der Waals surface area contributed by atoms with Crippen molar-refractivity contribution >= 4 is 46.6 Å². The first-order valence-corrected chi connectivity index (χ1v) is 13.7. The Morgan fingerprint density at radius 2 is 1.61 bits per heavy atom. The lowest BCUT2D eigenvalue weighted by molar-refractivity contribution is 0.00930. The molecule has 2 aliphatic heterocycles. The standard InChI is InChI=1S/C17H16Cl3N.C11H22N2O2/c18-12-4-7-14(8-5-12)21-10-2-1-3-17(21)15-9-6-13(19)11-16(15)20;1-9-8-13(7-6-12(9)5)10(14)15-11(2,3)4/h4-9,11,17H,1-3,10H2;9H,6-8H2,1-5H3. The Balaban J connectivity index is 0.000000214. The van der Waals surface area contributed by atoms with Gasteiger partial charge in [0.05, 0.1) is 6.04 Å². The molecule has 0 spiro atoms. The Hall–Kier alpha value is -1.66. The molecule has 0 aromatic heterocycles. The quantitative estimate of drug-likeness (QED) is 0.377. The van der Waals surface area contributed by atoms with Gasteiger partial charge in [0.25, 0.3) is 0 Å². The van der Waals surface area contributed by atoms with Gasteiger partial charge in [-0.15, -0.1) is 0 Å². The summed E-state index contributed by atoms with van der Waals surface area (Å²) in [6.45, 7) is 11.3. The second-order valence-corrected chi connectivity index (χ2v) is 11.9. The third-order valence-electron chi connectivity index (χ3n) is 6.59. The van der Waals surface area contributed by atoms with Gasteiger partial charge in [0.2, 0.25) is 0 Å². The van der Waals surface area contributed by atoms with E-state index in [1.165, 1.54) is 18.5 Å². The maximum Gasteiger partial charge on any atom is 0.410 e. The van der Waals surface area contributed by atoms with Crippen molar-refractivity contribution in [1.29, 1.82) is 0 Å². The van der Waals surface area contributed by atoms with Gasteiger partial charge in [-0.25, -0.2) is 4.79 Å². The molecule has 0 radical (unpaired) electrons. The molecule has 2 aromatic rings. The number of likely N-dealkylation sites (N-methyl/N-ethyl adjacent to an activating group) is 1. The molecule has 2 aliphatic rings. The van der Waals surface area contributed by atoms with Crippen molar-refractivity contribution < 1.29 is 9.53 Å². The number of rotatable bonds is 2. The van der Waals surface area contributed by atoms with Gasteiger partial charge in [-0.2, -0.15) is 0 Å². The second-order valence-electron chi connectivity index (χ2n) is 10.6. The summed E-state index contributed by atoms with van der Waals surface area (Å²) in [5, 5.41) is 2.18. The molecular formula is C28H38Cl3N3O2. The number of hydrogen-bond acceptors (Lipinski definition) is 4. The highest BCUT2D eigenvalue weighted by molar-refractivity contribution is 6.35. The first-order chi connectivity index (χ1) is 16.9. The summed E-state index contributed by atoms with van der Waals surface area (Å²) in [5.41, 5.74) is 1.94. The van der Waals surface area contributed by atoms with Gasteiger partial charge >= 0.3 is 6.09 Å². The molecule has 36 heavy (non-hydrogen) atoms. The predicted octanol–water partition coefficient (Wildman–Crippen LogP) is 7.94. The number of ether oxygens (including phenoxy) is 1. The fraction of sp³-hybridized carbons (Fsp3) is 0.536. The fourth-order valence-electron chi connectivity index (χ4n) is 4.51. The van der Waals surface area contributed by atoms with Crippen molar-refractivity contribution in [2.24, 2.45) is 0 Å². The molecule has 2 unspecified atom stereocenters. The Morgan fingerprint density at radius 3 is 2.22 bits per heavy atom. The second kappa shape index (κ2) is 12.7. The minimum absolute atomic E-state index is 0.192. The summed E-state index contributed by atoms with van der Waals surface area (Å²) in [6, 6.07) is 14.5. The van der Waals surface area contributed by atoms with Gasteiger partial charge in [-0.3, -0.25) is 0 Å². The molecule has 0 bridgehead atoms. The summed E-state index contributed by atoms with van der Waals surface area (Å²) < 4.78 is 5.33. The number of halogens is 3. The molecule has 0 saturated carbocycles. The van der Waals surface area contributed by atoms with Crippen LogP contribution in [0.15, 0.2) is 42.5 Å². The van der Waals surface area contributed by atoms with Crippen LogP contribution in [0, 0.1) is 0 Å². The van der Waals surface area contributed by atoms with E-state index >= 15 is 0 Å². The lowest BCUT2D eigenvalue weighted by atomic mass is 9.94. The zero-order chi connectivity index (χ0) is 26.5. The molecule has 4 rings (SSSR count). The van der Waals surface area contributed by atoms with Gasteiger partial charge in [0, 0.05) is 53.0 Å². The zero-order valence-electron chi connectivity index (χ0n) is 21.9. The summed E-state index contributed by atoms with van der Waals surface area (Å²) in [5.74, 6) is 0. The molecule has 0 aliphatic carbocycles. The molecule has 2 fully saturated rings. The maximum atomic E-state index is 11.8. The molecule has 2 saturated heterocycles. The number of nitrogens with zero attached hydrogens (tertiary/aromatic N) is 3. The molecule has 5 nitrogen and oxygen atoms in total. The van der Waals surface area contributed by atoms with Gasteiger partial charge in [-0.1, -0.05) is 40.9 Å². The SMILES string of the molecule is CC1CN(C(=O)OC(C)(C)C)CCN1C.Clc1ccc(N2CCCCC2c2ccc(Cl)cc2Cl)cc1. The summed E-state index contributed by atoms with van der Waals surface area (Å²) in [4.78, 5) is 18.2. The molecule has 1 amide bonds. The largest absolute Gasteiger partial charge is 0.444 e. The smallest absolute Gasteiger partial charge is 0.410 e. The average molecular weight is 555 g/mol. The van der Waals surface area contributed by atoms with Crippen LogP contribution in [0.4, 0.5) is 10.5 Å². The van der Waals surface area contributed by atoms with Crippen LogP contribution in [0.2, 0.25) is 15.1 Å². The van der Waals surface area contributed by atoms with Crippen LogP contribution in [0.5, 0.6) is 0 Å². The van der Waals surface area contributed by atoms with E-state index in [4.69, 9.17) is 39.5 Å². The minimum atomic E-state index is -0.399. The highest BCUT2D eigenvalue weighted by atomic mass is 35.5. The van der Waals surface area contributed by atoms with E-state index in [1.807, 2.05) is 51.1 Å². The average Bonchev–Trinajstić information content (AvgIpc) is 2.81. The Morgan fingerprint density at radius 1 is 0.944 bits per heavy atom. The van der Waals surface area contributed by atoms with Gasteiger partial charge in [0.15, 0.2) is 0 Å². The highest BCUT2D eigenvalue weighted by Crippen LogP contribution is 2.39. The lowest BCUT2D eigenvalue weighted by Gasteiger charge is -2.38. The number of carbonyl (C=O) groups excluding carboxylic acids is 1. The van der Waals surface area contributed by atoms with Crippen LogP contribution in [0.25, 0.3) is 0 Å². The van der Waals surface area contributed by atoms with Crippen molar-refractivity contribution in [3.05, 3.63) is 63.1 Å². The molecular weight excluding hydrogens is 517 g/mol. The number of piperazine rings is 1. The van der Waals surface area contributed by atoms with Crippen molar-refractivity contribution in [1.82, 2.24) is 9.80 Å². The van der Waals surface area contributed by atoms with Crippen LogP contribution >= 0.6 is 34.8 Å². The topological polar surface area (TPSA) is 36.0 Å². The van der Waals surface area contributed by atoms with Gasteiger partial charge in [0.1, 0.15) is 5.60 Å². The van der Waals surface area contributed by atoms with E-state index in [-0.39, 0.29) is 6.09 Å². The molecule has 198 valence electrons. The molecule has 8 heteroatoms. The van der Waals surface area contributed by atoms with Crippen LogP contribution in [0.3, 0.4) is 0 Å². The third kappa shape index (κ3) is 8.17. The maximum absolute atomic E-state index is 11.8. The van der Waals surface area contributed by atoms with Crippen LogP contribution in [-0.4, -0.2) is 60.8 Å². The number of amides is 1. The van der Waals surface area contributed by atoms with E-state index in [0.717, 1.165) is 48.2 Å². The fourth-order valence-corrected chi connectivity index (χ4v) is 5.17. The van der Waals surface area contributed by atoms with Crippen molar-refractivity contribution in [2.45, 2.75) is 64.6 Å². The monoisotopic (exact) mass is 553 g/mol. The third-order valence-corrected chi connectivity index (χ3v) is 7.41. The summed E-state index contributed by atoms with van der Waals surface area (Å²) in [7, 11) is 2.08. The van der Waals surface area contributed by atoms with Crippen molar-refractivity contribution in [3.8, 4) is 0 Å². The van der Waals surface area contributed by atoms with Crippen molar-refractivity contribution in [2.75, 3.05) is 38.1 Å². The number of carbonyl (C=O) groups is 1. The first-order valence-electron chi connectivity index (χ1n) is 12.6. The van der Waals surface area contributed by atoms with E-state index in [2.05, 4.69) is 35.9 Å². The molecule has 0 N–H and O–H groups in total. The van der Waals surface area contributed by atoms with Crippen molar-refractivity contribution in [3.63, 3.8) is 0 Å². The van der Waals surface area contributed by atoms with E-state index in [1.54, 1.807) is 4.90 Å². The molecule has 2 atom stereocenters. The minimum Gasteiger partial charge on any atom is -0.444 e. The van der Waals surface area contributed by atoms with Crippen LogP contribution in [-0.2, 0) is 4.74 Å². The van der Waals surface area contributed by atoms with E-state index in [0.29, 0.717) is 17.1 Å². The van der Waals surface area contributed by atoms with E-state index < -0.39 is 5.60 Å². The van der Waals surface area contributed by atoms with E-state index in [9.17, 15) is 4.79 Å².